The van der Waals surface area contributed by atoms with Crippen LogP contribution in [-0.4, -0.2) is 25.0 Å². The third kappa shape index (κ3) is 6.40. The highest BCUT2D eigenvalue weighted by Crippen LogP contribution is 2.12. The van der Waals surface area contributed by atoms with Crippen LogP contribution in [0.25, 0.3) is 0 Å². The first-order valence-corrected chi connectivity index (χ1v) is 7.34. The maximum absolute atomic E-state index is 11.7. The van der Waals surface area contributed by atoms with Crippen molar-refractivity contribution in [3.05, 3.63) is 29.8 Å². The number of anilines is 1. The molecule has 3 N–H and O–H groups in total. The summed E-state index contributed by atoms with van der Waals surface area (Å²) in [4.78, 5) is 23.4. The standard InChI is InChI=1S/C16H24N2O3/c1-3-4-9-21-16(20)13-5-7-14(8-6-13)18-15(19)10-12(2)11-17/h5-8,12H,3-4,9-11,17H2,1-2H3,(H,18,19). The molecule has 0 spiro atoms. The van der Waals surface area contributed by atoms with Gasteiger partial charge in [-0.2, -0.15) is 0 Å². The molecular formula is C16H24N2O3. The van der Waals surface area contributed by atoms with Crippen LogP contribution in [-0.2, 0) is 9.53 Å². The van der Waals surface area contributed by atoms with E-state index in [4.69, 9.17) is 10.5 Å². The zero-order chi connectivity index (χ0) is 15.7. The van der Waals surface area contributed by atoms with Gasteiger partial charge in [0.1, 0.15) is 0 Å². The summed E-state index contributed by atoms with van der Waals surface area (Å²) in [5, 5.41) is 2.78. The molecule has 0 bridgehead atoms. The fourth-order valence-corrected chi connectivity index (χ4v) is 1.69. The summed E-state index contributed by atoms with van der Waals surface area (Å²) in [6.07, 6.45) is 2.23. The molecule has 116 valence electrons. The number of carbonyl (C=O) groups excluding carboxylic acids is 2. The van der Waals surface area contributed by atoms with E-state index in [1.807, 2.05) is 13.8 Å². The van der Waals surface area contributed by atoms with Crippen molar-refractivity contribution in [3.8, 4) is 0 Å². The van der Waals surface area contributed by atoms with Gasteiger partial charge in [-0.15, -0.1) is 0 Å². The molecule has 0 saturated carbocycles. The SMILES string of the molecule is CCCCOC(=O)c1ccc(NC(=O)CC(C)CN)cc1. The number of unbranched alkanes of at least 4 members (excludes halogenated alkanes) is 1. The van der Waals surface area contributed by atoms with Crippen LogP contribution >= 0.6 is 0 Å². The molecule has 1 aromatic carbocycles. The zero-order valence-corrected chi connectivity index (χ0v) is 12.7. The van der Waals surface area contributed by atoms with E-state index < -0.39 is 0 Å². The minimum absolute atomic E-state index is 0.0776. The maximum atomic E-state index is 11.7. The lowest BCUT2D eigenvalue weighted by molar-refractivity contribution is -0.116. The van der Waals surface area contributed by atoms with Gasteiger partial charge in [-0.3, -0.25) is 4.79 Å². The molecule has 0 aliphatic heterocycles. The lowest BCUT2D eigenvalue weighted by Gasteiger charge is -2.09. The molecule has 0 radical (unpaired) electrons. The van der Waals surface area contributed by atoms with Crippen molar-refractivity contribution < 1.29 is 14.3 Å². The van der Waals surface area contributed by atoms with Crippen LogP contribution in [0, 0.1) is 5.92 Å². The van der Waals surface area contributed by atoms with E-state index in [0.717, 1.165) is 12.8 Å². The first-order valence-electron chi connectivity index (χ1n) is 7.34. The number of hydrogen-bond acceptors (Lipinski definition) is 4. The minimum Gasteiger partial charge on any atom is -0.462 e. The first kappa shape index (κ1) is 17.2. The number of nitrogens with two attached hydrogens (primary N) is 1. The quantitative estimate of drug-likeness (QED) is 0.570. The van der Waals surface area contributed by atoms with Gasteiger partial charge in [-0.05, 0) is 43.1 Å². The molecule has 0 aliphatic rings. The Labute approximate surface area is 125 Å². The van der Waals surface area contributed by atoms with Gasteiger partial charge >= 0.3 is 5.97 Å². The summed E-state index contributed by atoms with van der Waals surface area (Å²) in [6, 6.07) is 6.69. The molecule has 1 amide bonds. The normalized spacial score (nSPS) is 11.8. The Balaban J connectivity index is 2.50. The Bertz CT molecular complexity index is 457. The molecule has 5 heteroatoms. The highest BCUT2D eigenvalue weighted by Gasteiger charge is 2.09. The predicted molar refractivity (Wildman–Crippen MR) is 83.1 cm³/mol. The number of ether oxygens (including phenoxy) is 1. The van der Waals surface area contributed by atoms with Crippen LogP contribution in [0.2, 0.25) is 0 Å². The average molecular weight is 292 g/mol. The average Bonchev–Trinajstić information content (AvgIpc) is 2.47. The molecular weight excluding hydrogens is 268 g/mol. The number of amides is 1. The lowest BCUT2D eigenvalue weighted by Crippen LogP contribution is -2.20. The van der Waals surface area contributed by atoms with Gasteiger partial charge in [-0.25, -0.2) is 4.79 Å². The molecule has 0 fully saturated rings. The van der Waals surface area contributed by atoms with Gasteiger partial charge in [0.05, 0.1) is 12.2 Å². The van der Waals surface area contributed by atoms with Crippen molar-refractivity contribution in [2.24, 2.45) is 11.7 Å². The topological polar surface area (TPSA) is 81.4 Å². The van der Waals surface area contributed by atoms with Crippen molar-refractivity contribution in [2.45, 2.75) is 33.1 Å². The van der Waals surface area contributed by atoms with Crippen LogP contribution < -0.4 is 11.1 Å². The summed E-state index contributed by atoms with van der Waals surface area (Å²) in [5.41, 5.74) is 6.63. The zero-order valence-electron chi connectivity index (χ0n) is 12.7. The number of carbonyl (C=O) groups is 2. The monoisotopic (exact) mass is 292 g/mol. The first-order chi connectivity index (χ1) is 10.1. The molecule has 1 unspecified atom stereocenters. The van der Waals surface area contributed by atoms with Gasteiger partial charge in [-0.1, -0.05) is 20.3 Å². The second-order valence-corrected chi connectivity index (χ2v) is 5.16. The summed E-state index contributed by atoms with van der Waals surface area (Å²) >= 11 is 0. The van der Waals surface area contributed by atoms with Crippen LogP contribution in [0.5, 0.6) is 0 Å². The van der Waals surface area contributed by atoms with Gasteiger partial charge < -0.3 is 15.8 Å². The van der Waals surface area contributed by atoms with Gasteiger partial charge in [0.15, 0.2) is 0 Å². The van der Waals surface area contributed by atoms with E-state index in [2.05, 4.69) is 5.32 Å². The third-order valence-electron chi connectivity index (χ3n) is 3.07. The van der Waals surface area contributed by atoms with Crippen LogP contribution in [0.3, 0.4) is 0 Å². The molecule has 1 atom stereocenters. The van der Waals surface area contributed by atoms with Crippen LogP contribution in [0.4, 0.5) is 5.69 Å². The van der Waals surface area contributed by atoms with Crippen LogP contribution in [0.15, 0.2) is 24.3 Å². The van der Waals surface area contributed by atoms with E-state index in [0.29, 0.717) is 30.8 Å². The van der Waals surface area contributed by atoms with E-state index in [1.54, 1.807) is 24.3 Å². The smallest absolute Gasteiger partial charge is 0.338 e. The van der Waals surface area contributed by atoms with Gasteiger partial charge in [0.25, 0.3) is 0 Å². The molecule has 0 aliphatic carbocycles. The summed E-state index contributed by atoms with van der Waals surface area (Å²) in [5.74, 6) is -0.262. The second-order valence-electron chi connectivity index (χ2n) is 5.16. The lowest BCUT2D eigenvalue weighted by atomic mass is 10.1. The van der Waals surface area contributed by atoms with E-state index >= 15 is 0 Å². The Morgan fingerprint density at radius 2 is 1.95 bits per heavy atom. The van der Waals surface area contributed by atoms with Gasteiger partial charge in [0.2, 0.25) is 5.91 Å². The van der Waals surface area contributed by atoms with E-state index in [-0.39, 0.29) is 17.8 Å². The highest BCUT2D eigenvalue weighted by atomic mass is 16.5. The summed E-state index contributed by atoms with van der Waals surface area (Å²) in [7, 11) is 0. The van der Waals surface area contributed by atoms with Crippen molar-refractivity contribution in [1.29, 1.82) is 0 Å². The number of hydrogen-bond donors (Lipinski definition) is 2. The molecule has 1 aromatic rings. The molecule has 1 rings (SSSR count). The second kappa shape index (κ2) is 9.13. The van der Waals surface area contributed by atoms with Crippen molar-refractivity contribution in [3.63, 3.8) is 0 Å². The highest BCUT2D eigenvalue weighted by molar-refractivity contribution is 5.93. The predicted octanol–water partition coefficient (Wildman–Crippen LogP) is 2.57. The fraction of sp³-hybridized carbons (Fsp3) is 0.500. The van der Waals surface area contributed by atoms with Crippen molar-refractivity contribution >= 4 is 17.6 Å². The van der Waals surface area contributed by atoms with E-state index in [9.17, 15) is 9.59 Å². The number of rotatable bonds is 8. The summed E-state index contributed by atoms with van der Waals surface area (Å²) < 4.78 is 5.12. The van der Waals surface area contributed by atoms with Crippen molar-refractivity contribution in [1.82, 2.24) is 0 Å². The molecule has 21 heavy (non-hydrogen) atoms. The fourth-order valence-electron chi connectivity index (χ4n) is 1.69. The largest absolute Gasteiger partial charge is 0.462 e. The van der Waals surface area contributed by atoms with Gasteiger partial charge in [0, 0.05) is 12.1 Å². The third-order valence-corrected chi connectivity index (χ3v) is 3.07. The maximum Gasteiger partial charge on any atom is 0.338 e. The molecule has 0 aromatic heterocycles. The van der Waals surface area contributed by atoms with E-state index in [1.165, 1.54) is 0 Å². The molecule has 0 saturated heterocycles. The Kier molecular flexibility index (Phi) is 7.46. The van der Waals surface area contributed by atoms with Crippen molar-refractivity contribution in [2.75, 3.05) is 18.5 Å². The number of esters is 1. The number of nitrogens with one attached hydrogen (secondary N) is 1. The number of benzene rings is 1. The minimum atomic E-state index is -0.335. The Morgan fingerprint density at radius 3 is 2.52 bits per heavy atom. The Morgan fingerprint density at radius 1 is 1.29 bits per heavy atom. The molecule has 0 heterocycles. The Hall–Kier alpha value is -1.88. The summed E-state index contributed by atoms with van der Waals surface area (Å²) in [6.45, 7) is 4.88. The molecule has 5 nitrogen and oxygen atoms in total. The van der Waals surface area contributed by atoms with Crippen LogP contribution in [0.1, 0.15) is 43.5 Å².